The minimum absolute atomic E-state index is 0.221. The van der Waals surface area contributed by atoms with Crippen molar-refractivity contribution in [2.45, 2.75) is 6.61 Å². The number of hydrogen-bond acceptors (Lipinski definition) is 5. The number of halogens is 3. The number of benzene rings is 3. The molecule has 4 rings (SSSR count). The van der Waals surface area contributed by atoms with Gasteiger partial charge in [0.05, 0.1) is 22.2 Å². The number of amidine groups is 1. The number of nitrogens with one attached hydrogen (secondary N) is 1. The van der Waals surface area contributed by atoms with Gasteiger partial charge in [-0.1, -0.05) is 41.4 Å². The van der Waals surface area contributed by atoms with E-state index < -0.39 is 0 Å². The van der Waals surface area contributed by atoms with Crippen LogP contribution >= 0.6 is 50.9 Å². The summed E-state index contributed by atoms with van der Waals surface area (Å²) in [6.07, 6.45) is 1.77. The number of ether oxygens (including phenoxy) is 2. The smallest absolute Gasteiger partial charge is 0.264 e. The van der Waals surface area contributed by atoms with Gasteiger partial charge in [0.15, 0.2) is 16.7 Å². The first kappa shape index (κ1) is 23.7. The molecule has 33 heavy (non-hydrogen) atoms. The van der Waals surface area contributed by atoms with E-state index in [2.05, 4.69) is 26.2 Å². The minimum Gasteiger partial charge on any atom is -0.493 e. The summed E-state index contributed by atoms with van der Waals surface area (Å²) in [6.45, 7) is 0.290. The molecular formula is C24H17BrCl2N2O3S. The molecule has 0 spiro atoms. The molecule has 168 valence electrons. The van der Waals surface area contributed by atoms with Gasteiger partial charge in [-0.05, 0) is 81.8 Å². The van der Waals surface area contributed by atoms with Gasteiger partial charge in [-0.15, -0.1) is 0 Å². The Morgan fingerprint density at radius 2 is 1.88 bits per heavy atom. The number of thioether (sulfide) groups is 1. The molecule has 5 nitrogen and oxygen atoms in total. The van der Waals surface area contributed by atoms with Crippen LogP contribution in [0.4, 0.5) is 5.69 Å². The predicted octanol–water partition coefficient (Wildman–Crippen LogP) is 7.24. The van der Waals surface area contributed by atoms with Crippen LogP contribution in [-0.2, 0) is 11.4 Å². The SMILES string of the molecule is COc1cc(/C=C2\SC(=Nc3ccc(Cl)cc3)NC2=O)cc(Br)c1OCc1ccccc1Cl. The standard InChI is InChI=1S/C24H17BrCl2N2O3S/c1-31-20-11-14(10-18(25)22(20)32-13-15-4-2-3-5-19(15)27)12-21-23(30)29-24(33-21)28-17-8-6-16(26)7-9-17/h2-12H,13H2,1H3,(H,28,29,30)/b21-12-. The van der Waals surface area contributed by atoms with Gasteiger partial charge < -0.3 is 14.8 Å². The first-order valence-corrected chi connectivity index (χ1v) is 12.1. The molecule has 3 aromatic carbocycles. The fourth-order valence-electron chi connectivity index (χ4n) is 2.99. The third-order valence-corrected chi connectivity index (χ3v) is 6.71. The van der Waals surface area contributed by atoms with E-state index in [9.17, 15) is 4.79 Å². The second-order valence-electron chi connectivity index (χ2n) is 6.87. The van der Waals surface area contributed by atoms with Crippen LogP contribution < -0.4 is 14.8 Å². The van der Waals surface area contributed by atoms with Crippen molar-refractivity contribution in [1.29, 1.82) is 0 Å². The molecule has 0 saturated carbocycles. The Labute approximate surface area is 213 Å². The average Bonchev–Trinajstić information content (AvgIpc) is 3.13. The summed E-state index contributed by atoms with van der Waals surface area (Å²) in [5, 5.41) is 4.54. The molecule has 0 aliphatic carbocycles. The van der Waals surface area contributed by atoms with Crippen LogP contribution in [0.2, 0.25) is 10.0 Å². The van der Waals surface area contributed by atoms with Gasteiger partial charge in [-0.25, -0.2) is 4.99 Å². The molecule has 1 saturated heterocycles. The zero-order valence-corrected chi connectivity index (χ0v) is 21.2. The van der Waals surface area contributed by atoms with Crippen molar-refractivity contribution < 1.29 is 14.3 Å². The lowest BCUT2D eigenvalue weighted by Crippen LogP contribution is -2.19. The molecule has 1 amide bonds. The number of carbonyl (C=O) groups excluding carboxylic acids is 1. The van der Waals surface area contributed by atoms with Gasteiger partial charge in [0, 0.05) is 15.6 Å². The Morgan fingerprint density at radius 1 is 1.12 bits per heavy atom. The van der Waals surface area contributed by atoms with E-state index in [1.54, 1.807) is 37.5 Å². The summed E-state index contributed by atoms with van der Waals surface area (Å²) >= 11 is 16.9. The van der Waals surface area contributed by atoms with E-state index in [0.29, 0.717) is 41.8 Å². The maximum atomic E-state index is 12.4. The number of amides is 1. The zero-order chi connectivity index (χ0) is 23.4. The van der Waals surface area contributed by atoms with Gasteiger partial charge in [-0.2, -0.15) is 0 Å². The number of carbonyl (C=O) groups is 1. The molecule has 0 radical (unpaired) electrons. The van der Waals surface area contributed by atoms with E-state index in [-0.39, 0.29) is 12.5 Å². The quantitative estimate of drug-likeness (QED) is 0.321. The van der Waals surface area contributed by atoms with Crippen LogP contribution in [0.15, 0.2) is 75.0 Å². The molecular weight excluding hydrogens is 547 g/mol. The molecule has 0 atom stereocenters. The summed E-state index contributed by atoms with van der Waals surface area (Å²) in [5.41, 5.74) is 2.34. The third kappa shape index (κ3) is 5.92. The first-order chi connectivity index (χ1) is 15.9. The van der Waals surface area contributed by atoms with Crippen LogP contribution in [0, 0.1) is 0 Å². The second-order valence-corrected chi connectivity index (χ2v) is 9.60. The van der Waals surface area contributed by atoms with Crippen molar-refractivity contribution in [1.82, 2.24) is 5.32 Å². The Balaban J connectivity index is 1.54. The fourth-order valence-corrected chi connectivity index (χ4v) is 4.73. The molecule has 1 aliphatic heterocycles. The van der Waals surface area contributed by atoms with Gasteiger partial charge in [-0.3, -0.25) is 4.79 Å². The molecule has 1 heterocycles. The predicted molar refractivity (Wildman–Crippen MR) is 139 cm³/mol. The Bertz CT molecular complexity index is 1260. The summed E-state index contributed by atoms with van der Waals surface area (Å²) < 4.78 is 12.2. The van der Waals surface area contributed by atoms with Crippen molar-refractivity contribution in [3.63, 3.8) is 0 Å². The lowest BCUT2D eigenvalue weighted by atomic mass is 10.2. The summed E-state index contributed by atoms with van der Waals surface area (Å²) in [7, 11) is 1.56. The minimum atomic E-state index is -0.221. The maximum absolute atomic E-state index is 12.4. The van der Waals surface area contributed by atoms with Crippen molar-refractivity contribution in [2.75, 3.05) is 7.11 Å². The average molecular weight is 564 g/mol. The van der Waals surface area contributed by atoms with Gasteiger partial charge in [0.1, 0.15) is 6.61 Å². The fraction of sp³-hybridized carbons (Fsp3) is 0.0833. The van der Waals surface area contributed by atoms with Gasteiger partial charge in [0.2, 0.25) is 0 Å². The number of methoxy groups -OCH3 is 1. The zero-order valence-electron chi connectivity index (χ0n) is 17.3. The highest BCUT2D eigenvalue weighted by molar-refractivity contribution is 9.10. The highest BCUT2D eigenvalue weighted by Crippen LogP contribution is 2.39. The molecule has 3 aromatic rings. The second kappa shape index (κ2) is 10.7. The number of nitrogens with zero attached hydrogens (tertiary/aromatic N) is 1. The highest BCUT2D eigenvalue weighted by Gasteiger charge is 2.24. The van der Waals surface area contributed by atoms with Gasteiger partial charge in [0.25, 0.3) is 5.91 Å². The third-order valence-electron chi connectivity index (χ3n) is 4.59. The Kier molecular flexibility index (Phi) is 7.65. The van der Waals surface area contributed by atoms with Gasteiger partial charge >= 0.3 is 0 Å². The van der Waals surface area contributed by atoms with Crippen molar-refractivity contribution in [2.24, 2.45) is 4.99 Å². The molecule has 1 aliphatic rings. The summed E-state index contributed by atoms with van der Waals surface area (Å²) in [5.74, 6) is 0.858. The molecule has 0 aromatic heterocycles. The van der Waals surface area contributed by atoms with Crippen LogP contribution in [0.1, 0.15) is 11.1 Å². The van der Waals surface area contributed by atoms with Crippen LogP contribution in [0.25, 0.3) is 6.08 Å². The normalized spacial score (nSPS) is 15.7. The van der Waals surface area contributed by atoms with E-state index in [1.165, 1.54) is 11.8 Å². The Hall–Kier alpha value is -2.45. The molecule has 0 unspecified atom stereocenters. The van der Waals surface area contributed by atoms with E-state index in [0.717, 1.165) is 11.1 Å². The van der Waals surface area contributed by atoms with Crippen molar-refractivity contribution >= 4 is 73.7 Å². The monoisotopic (exact) mass is 562 g/mol. The largest absolute Gasteiger partial charge is 0.493 e. The maximum Gasteiger partial charge on any atom is 0.264 e. The highest BCUT2D eigenvalue weighted by atomic mass is 79.9. The van der Waals surface area contributed by atoms with Crippen LogP contribution in [-0.4, -0.2) is 18.2 Å². The molecule has 1 fully saturated rings. The van der Waals surface area contributed by atoms with Crippen molar-refractivity contribution in [3.8, 4) is 11.5 Å². The number of rotatable bonds is 6. The van der Waals surface area contributed by atoms with Crippen LogP contribution in [0.3, 0.4) is 0 Å². The summed E-state index contributed by atoms with van der Waals surface area (Å²) in [4.78, 5) is 17.4. The number of hydrogen-bond donors (Lipinski definition) is 1. The van der Waals surface area contributed by atoms with Crippen molar-refractivity contribution in [3.05, 3.63) is 91.2 Å². The lowest BCUT2D eigenvalue weighted by molar-refractivity contribution is -0.115. The first-order valence-electron chi connectivity index (χ1n) is 9.72. The van der Waals surface area contributed by atoms with E-state index in [1.807, 2.05) is 36.4 Å². The molecule has 9 heteroatoms. The van der Waals surface area contributed by atoms with E-state index in [4.69, 9.17) is 32.7 Å². The lowest BCUT2D eigenvalue weighted by Gasteiger charge is -2.14. The molecule has 1 N–H and O–H groups in total. The van der Waals surface area contributed by atoms with E-state index >= 15 is 0 Å². The topological polar surface area (TPSA) is 59.9 Å². The molecule has 0 bridgehead atoms. The summed E-state index contributed by atoms with van der Waals surface area (Å²) in [6, 6.07) is 18.2. The number of aliphatic imine (C=N–C) groups is 1. The van der Waals surface area contributed by atoms with Crippen LogP contribution in [0.5, 0.6) is 11.5 Å². The Morgan fingerprint density at radius 3 is 2.61 bits per heavy atom.